The van der Waals surface area contributed by atoms with Crippen molar-refractivity contribution in [1.82, 2.24) is 15.1 Å². The minimum atomic E-state index is -0.419. The fourth-order valence-corrected chi connectivity index (χ4v) is 3.86. The molecule has 4 rings (SSSR count). The summed E-state index contributed by atoms with van der Waals surface area (Å²) in [7, 11) is 0. The van der Waals surface area contributed by atoms with Gasteiger partial charge in [-0.05, 0) is 55.8 Å². The molecule has 0 unspecified atom stereocenters. The predicted molar refractivity (Wildman–Crippen MR) is 124 cm³/mol. The molecule has 10 heteroatoms. The summed E-state index contributed by atoms with van der Waals surface area (Å²) in [6.07, 6.45) is 0. The van der Waals surface area contributed by atoms with E-state index < -0.39 is 4.92 Å². The van der Waals surface area contributed by atoms with Crippen LogP contribution >= 0.6 is 0 Å². The summed E-state index contributed by atoms with van der Waals surface area (Å²) in [6, 6.07) is 14.4. The maximum absolute atomic E-state index is 12.6. The summed E-state index contributed by atoms with van der Waals surface area (Å²) in [6.45, 7) is 5.34. The lowest BCUT2D eigenvalue weighted by Gasteiger charge is -2.28. The summed E-state index contributed by atoms with van der Waals surface area (Å²) < 4.78 is 1.59. The van der Waals surface area contributed by atoms with E-state index in [2.05, 4.69) is 15.7 Å². The fourth-order valence-electron chi connectivity index (χ4n) is 3.86. The first-order valence-electron chi connectivity index (χ1n) is 10.5. The quantitative estimate of drug-likeness (QED) is 0.442. The molecular formula is C23H24N6O4. The molecule has 1 aliphatic heterocycles. The first kappa shape index (κ1) is 22.0. The van der Waals surface area contributed by atoms with Crippen LogP contribution in [0.4, 0.5) is 17.1 Å². The second-order valence-corrected chi connectivity index (χ2v) is 7.90. The van der Waals surface area contributed by atoms with Gasteiger partial charge in [0, 0.05) is 30.0 Å². The van der Waals surface area contributed by atoms with Crippen molar-refractivity contribution in [3.63, 3.8) is 0 Å². The van der Waals surface area contributed by atoms with Crippen LogP contribution in [0.2, 0.25) is 0 Å². The number of nitrogens with one attached hydrogen (secondary N) is 2. The lowest BCUT2D eigenvalue weighted by molar-refractivity contribution is -0.386. The summed E-state index contributed by atoms with van der Waals surface area (Å²) in [5, 5.41) is 21.1. The van der Waals surface area contributed by atoms with Crippen molar-refractivity contribution < 1.29 is 14.5 Å². The van der Waals surface area contributed by atoms with Crippen LogP contribution in [0.3, 0.4) is 0 Å². The second-order valence-electron chi connectivity index (χ2n) is 7.90. The third-order valence-electron chi connectivity index (χ3n) is 5.60. The number of carbonyl (C=O) groups is 2. The van der Waals surface area contributed by atoms with E-state index in [9.17, 15) is 19.7 Å². The van der Waals surface area contributed by atoms with E-state index >= 15 is 0 Å². The van der Waals surface area contributed by atoms with Crippen LogP contribution < -0.4 is 15.5 Å². The lowest BCUT2D eigenvalue weighted by Crippen LogP contribution is -2.47. The van der Waals surface area contributed by atoms with E-state index in [-0.39, 0.29) is 17.5 Å². The third-order valence-corrected chi connectivity index (χ3v) is 5.60. The summed E-state index contributed by atoms with van der Waals surface area (Å²) in [4.78, 5) is 36.9. The summed E-state index contributed by atoms with van der Waals surface area (Å²) in [5.41, 5.74) is 3.86. The molecule has 0 saturated carbocycles. The van der Waals surface area contributed by atoms with Gasteiger partial charge in [0.15, 0.2) is 0 Å². The minimum absolute atomic E-state index is 0.00171. The van der Waals surface area contributed by atoms with E-state index in [1.807, 2.05) is 41.3 Å². The first-order chi connectivity index (χ1) is 15.8. The van der Waals surface area contributed by atoms with Gasteiger partial charge in [-0.2, -0.15) is 5.10 Å². The molecule has 1 aromatic heterocycles. The Morgan fingerprint density at radius 2 is 1.85 bits per heavy atom. The monoisotopic (exact) mass is 448 g/mol. The number of aryl methyl sites for hydroxylation is 1. The average Bonchev–Trinajstić information content (AvgIpc) is 3.07. The molecule has 170 valence electrons. The van der Waals surface area contributed by atoms with Crippen molar-refractivity contribution in [3.8, 4) is 0 Å². The molecule has 0 spiro atoms. The van der Waals surface area contributed by atoms with Crippen LogP contribution in [0.15, 0.2) is 48.5 Å². The Morgan fingerprint density at radius 1 is 1.15 bits per heavy atom. The molecular weight excluding hydrogens is 424 g/mol. The second kappa shape index (κ2) is 9.11. The molecule has 1 aliphatic rings. The van der Waals surface area contributed by atoms with Gasteiger partial charge in [0.25, 0.3) is 5.91 Å². The van der Waals surface area contributed by atoms with E-state index in [0.29, 0.717) is 42.3 Å². The van der Waals surface area contributed by atoms with Crippen molar-refractivity contribution in [3.05, 3.63) is 81.2 Å². The van der Waals surface area contributed by atoms with Gasteiger partial charge in [-0.3, -0.25) is 24.4 Å². The number of aromatic nitrogens is 2. The Labute approximate surface area is 190 Å². The van der Waals surface area contributed by atoms with Crippen LogP contribution in [0, 0.1) is 24.0 Å². The zero-order valence-electron chi connectivity index (χ0n) is 18.4. The molecule has 1 fully saturated rings. The number of anilines is 2. The number of nitrogens with zero attached hydrogens (tertiary/aromatic N) is 4. The van der Waals surface area contributed by atoms with Crippen LogP contribution in [0.25, 0.3) is 0 Å². The largest absolute Gasteiger partial charge is 0.360 e. The Balaban J connectivity index is 1.39. The molecule has 2 aromatic carbocycles. The number of hydrogen-bond acceptors (Lipinski definition) is 6. The van der Waals surface area contributed by atoms with Gasteiger partial charge < -0.3 is 15.5 Å². The van der Waals surface area contributed by atoms with Crippen molar-refractivity contribution in [1.29, 1.82) is 0 Å². The average molecular weight is 448 g/mol. The first-order valence-corrected chi connectivity index (χ1v) is 10.5. The molecule has 0 bridgehead atoms. The zero-order valence-corrected chi connectivity index (χ0v) is 18.4. The van der Waals surface area contributed by atoms with Gasteiger partial charge in [-0.1, -0.05) is 12.1 Å². The zero-order chi connectivity index (χ0) is 23.5. The van der Waals surface area contributed by atoms with Crippen molar-refractivity contribution in [2.75, 3.05) is 29.9 Å². The number of nitro groups is 1. The smallest absolute Gasteiger partial charge is 0.312 e. The molecule has 0 radical (unpaired) electrons. The van der Waals surface area contributed by atoms with Crippen molar-refractivity contribution in [2.45, 2.75) is 20.4 Å². The number of piperazine rings is 1. The van der Waals surface area contributed by atoms with Gasteiger partial charge in [-0.25, -0.2) is 0 Å². The Bertz CT molecular complexity index is 1200. The Kier molecular flexibility index (Phi) is 6.07. The van der Waals surface area contributed by atoms with E-state index in [1.165, 1.54) is 0 Å². The Morgan fingerprint density at radius 3 is 2.45 bits per heavy atom. The molecule has 0 atom stereocenters. The van der Waals surface area contributed by atoms with Crippen molar-refractivity contribution >= 4 is 28.9 Å². The third kappa shape index (κ3) is 4.84. The van der Waals surface area contributed by atoms with Crippen LogP contribution in [0.5, 0.6) is 0 Å². The maximum atomic E-state index is 12.6. The SMILES string of the molecule is Cc1nn(Cc2ccc(C(=O)Nc3ccc(N4CCNC(=O)C4)cc3)cc2)c(C)c1[N+](=O)[O-]. The number of benzene rings is 2. The molecule has 2 amide bonds. The summed E-state index contributed by atoms with van der Waals surface area (Å²) in [5.74, 6) is -0.244. The maximum Gasteiger partial charge on any atom is 0.312 e. The number of carbonyl (C=O) groups excluding carboxylic acids is 2. The van der Waals surface area contributed by atoms with E-state index in [1.54, 1.807) is 30.7 Å². The van der Waals surface area contributed by atoms with Gasteiger partial charge in [0.2, 0.25) is 5.91 Å². The number of rotatable bonds is 6. The van der Waals surface area contributed by atoms with Crippen LogP contribution in [-0.2, 0) is 11.3 Å². The predicted octanol–water partition coefficient (Wildman–Crippen LogP) is 2.64. The molecule has 33 heavy (non-hydrogen) atoms. The highest BCUT2D eigenvalue weighted by Gasteiger charge is 2.21. The van der Waals surface area contributed by atoms with Gasteiger partial charge in [0.1, 0.15) is 11.4 Å². The topological polar surface area (TPSA) is 122 Å². The van der Waals surface area contributed by atoms with Crippen LogP contribution in [-0.4, -0.2) is 46.2 Å². The molecule has 0 aliphatic carbocycles. The molecule has 10 nitrogen and oxygen atoms in total. The van der Waals surface area contributed by atoms with E-state index in [4.69, 9.17) is 0 Å². The fraction of sp³-hybridized carbons (Fsp3) is 0.261. The Hall–Kier alpha value is -4.21. The molecule has 2 N–H and O–H groups in total. The van der Waals surface area contributed by atoms with Crippen molar-refractivity contribution in [2.24, 2.45) is 0 Å². The number of amides is 2. The molecule has 3 aromatic rings. The van der Waals surface area contributed by atoms with Gasteiger partial charge in [0.05, 0.1) is 18.0 Å². The standard InChI is InChI=1S/C23H24N6O4/c1-15-22(29(32)33)16(2)28(26-15)13-17-3-5-18(6-4-17)23(31)25-19-7-9-20(10-8-19)27-12-11-24-21(30)14-27/h3-10H,11-14H2,1-2H3,(H,24,30)(H,25,31). The van der Waals surface area contributed by atoms with Gasteiger partial charge in [-0.15, -0.1) is 0 Å². The van der Waals surface area contributed by atoms with Gasteiger partial charge >= 0.3 is 5.69 Å². The minimum Gasteiger partial charge on any atom is -0.360 e. The normalized spacial score (nSPS) is 13.5. The lowest BCUT2D eigenvalue weighted by atomic mass is 10.1. The molecule has 2 heterocycles. The highest BCUT2D eigenvalue weighted by Crippen LogP contribution is 2.23. The summed E-state index contributed by atoms with van der Waals surface area (Å²) >= 11 is 0. The highest BCUT2D eigenvalue weighted by molar-refractivity contribution is 6.04. The van der Waals surface area contributed by atoms with E-state index in [0.717, 1.165) is 17.8 Å². The number of hydrogen-bond donors (Lipinski definition) is 2. The molecule has 1 saturated heterocycles. The highest BCUT2D eigenvalue weighted by atomic mass is 16.6. The van der Waals surface area contributed by atoms with Crippen LogP contribution in [0.1, 0.15) is 27.3 Å².